The van der Waals surface area contributed by atoms with E-state index in [-0.39, 0.29) is 23.3 Å². The average molecular weight is 269 g/mol. The minimum absolute atomic E-state index is 0.00219. The van der Waals surface area contributed by atoms with Crippen molar-refractivity contribution >= 4 is 11.9 Å². The summed E-state index contributed by atoms with van der Waals surface area (Å²) >= 11 is 0. The van der Waals surface area contributed by atoms with Crippen molar-refractivity contribution in [3.63, 3.8) is 0 Å². The number of carbonyl (C=O) groups excluding carboxylic acids is 1. The molecule has 1 aliphatic carbocycles. The second kappa shape index (κ2) is 5.93. The molecule has 19 heavy (non-hydrogen) atoms. The summed E-state index contributed by atoms with van der Waals surface area (Å²) in [5.74, 6) is -1.68. The van der Waals surface area contributed by atoms with Crippen molar-refractivity contribution in [2.75, 3.05) is 7.05 Å². The number of aliphatic carboxylic acids is 1. The van der Waals surface area contributed by atoms with Gasteiger partial charge in [0.25, 0.3) is 0 Å². The van der Waals surface area contributed by atoms with Gasteiger partial charge in [0.05, 0.1) is 11.8 Å². The van der Waals surface area contributed by atoms with Crippen LogP contribution in [0.5, 0.6) is 0 Å². The van der Waals surface area contributed by atoms with Crippen molar-refractivity contribution in [2.45, 2.75) is 59.4 Å². The summed E-state index contributed by atoms with van der Waals surface area (Å²) in [7, 11) is 1.80. The van der Waals surface area contributed by atoms with E-state index in [1.807, 2.05) is 6.92 Å². The van der Waals surface area contributed by atoms with Crippen molar-refractivity contribution in [3.05, 3.63) is 0 Å². The quantitative estimate of drug-likeness (QED) is 0.857. The van der Waals surface area contributed by atoms with Gasteiger partial charge in [-0.1, -0.05) is 33.6 Å². The lowest BCUT2D eigenvalue weighted by atomic mass is 9.77. The van der Waals surface area contributed by atoms with Crippen LogP contribution in [0.4, 0.5) is 0 Å². The van der Waals surface area contributed by atoms with E-state index in [0.717, 1.165) is 12.8 Å². The zero-order chi connectivity index (χ0) is 14.8. The minimum Gasteiger partial charge on any atom is -0.481 e. The molecule has 0 aliphatic heterocycles. The van der Waals surface area contributed by atoms with Crippen LogP contribution in [-0.2, 0) is 9.59 Å². The molecule has 0 spiro atoms. The first-order chi connectivity index (χ1) is 8.66. The third-order valence-corrected chi connectivity index (χ3v) is 4.58. The molecule has 4 nitrogen and oxygen atoms in total. The van der Waals surface area contributed by atoms with E-state index < -0.39 is 11.9 Å². The molecule has 1 saturated carbocycles. The van der Waals surface area contributed by atoms with E-state index in [1.54, 1.807) is 11.9 Å². The number of hydrogen-bond donors (Lipinski definition) is 1. The first kappa shape index (κ1) is 16.0. The Morgan fingerprint density at radius 1 is 1.16 bits per heavy atom. The van der Waals surface area contributed by atoms with Crippen molar-refractivity contribution in [2.24, 2.45) is 17.3 Å². The molecule has 0 saturated heterocycles. The Morgan fingerprint density at radius 3 is 2.05 bits per heavy atom. The number of rotatable bonds is 3. The predicted molar refractivity (Wildman–Crippen MR) is 74.8 cm³/mol. The first-order valence-corrected chi connectivity index (χ1v) is 7.15. The number of carboxylic acids is 1. The van der Waals surface area contributed by atoms with Gasteiger partial charge in [-0.25, -0.2) is 0 Å². The van der Waals surface area contributed by atoms with E-state index >= 15 is 0 Å². The normalized spacial score (nSPS) is 25.7. The lowest BCUT2D eigenvalue weighted by Crippen LogP contribution is -2.48. The zero-order valence-electron chi connectivity index (χ0n) is 12.8. The Morgan fingerprint density at radius 2 is 1.63 bits per heavy atom. The maximum absolute atomic E-state index is 12.6. The highest BCUT2D eigenvalue weighted by Crippen LogP contribution is 2.33. The average Bonchev–Trinajstić information content (AvgIpc) is 2.34. The van der Waals surface area contributed by atoms with E-state index in [2.05, 4.69) is 20.8 Å². The van der Waals surface area contributed by atoms with Gasteiger partial charge in [-0.15, -0.1) is 0 Å². The summed E-state index contributed by atoms with van der Waals surface area (Å²) in [6.07, 6.45) is 3.21. The molecular formula is C15H27NO3. The number of carbonyl (C=O) groups is 2. The molecule has 0 aromatic rings. The minimum atomic E-state index is -0.824. The smallest absolute Gasteiger partial charge is 0.307 e. The van der Waals surface area contributed by atoms with Crippen molar-refractivity contribution < 1.29 is 14.7 Å². The summed E-state index contributed by atoms with van der Waals surface area (Å²) < 4.78 is 0. The summed E-state index contributed by atoms with van der Waals surface area (Å²) in [5, 5.41) is 9.27. The molecule has 1 N–H and O–H groups in total. The molecule has 0 aromatic carbocycles. The van der Waals surface area contributed by atoms with Crippen molar-refractivity contribution in [1.29, 1.82) is 0 Å². The van der Waals surface area contributed by atoms with Crippen LogP contribution in [0.1, 0.15) is 53.4 Å². The van der Waals surface area contributed by atoms with Crippen LogP contribution in [0.3, 0.4) is 0 Å². The molecule has 4 heteroatoms. The maximum Gasteiger partial charge on any atom is 0.307 e. The SMILES string of the molecule is CC(N(C)C(=O)C1CCCCC1C(=O)O)C(C)(C)C. The monoisotopic (exact) mass is 269 g/mol. The summed E-state index contributed by atoms with van der Waals surface area (Å²) in [6.45, 7) is 8.31. The number of carboxylic acid groups (broad SMARTS) is 1. The molecule has 110 valence electrons. The number of amides is 1. The molecule has 3 unspecified atom stereocenters. The number of nitrogens with zero attached hydrogens (tertiary/aromatic N) is 1. The van der Waals surface area contributed by atoms with Crippen LogP contribution in [0.2, 0.25) is 0 Å². The highest BCUT2D eigenvalue weighted by molar-refractivity contribution is 5.85. The van der Waals surface area contributed by atoms with Crippen LogP contribution < -0.4 is 0 Å². The molecule has 3 atom stereocenters. The molecule has 1 amide bonds. The van der Waals surface area contributed by atoms with Crippen molar-refractivity contribution in [1.82, 2.24) is 4.90 Å². The third kappa shape index (κ3) is 3.71. The second-order valence-corrected chi connectivity index (χ2v) is 6.83. The Labute approximate surface area is 116 Å². The molecule has 0 heterocycles. The summed E-state index contributed by atoms with van der Waals surface area (Å²) in [4.78, 5) is 25.6. The standard InChI is InChI=1S/C15H27NO3/c1-10(15(2,3)4)16(5)13(17)11-8-6-7-9-12(11)14(18)19/h10-12H,6-9H2,1-5H3,(H,18,19). The molecule has 1 aliphatic rings. The van der Waals surface area contributed by atoms with Gasteiger partial charge in [-0.05, 0) is 25.2 Å². The van der Waals surface area contributed by atoms with Crippen LogP contribution >= 0.6 is 0 Å². The third-order valence-electron chi connectivity index (χ3n) is 4.58. The molecule has 0 bridgehead atoms. The first-order valence-electron chi connectivity index (χ1n) is 7.15. The van der Waals surface area contributed by atoms with E-state index in [9.17, 15) is 14.7 Å². The zero-order valence-corrected chi connectivity index (χ0v) is 12.8. The molecule has 0 radical (unpaired) electrons. The van der Waals surface area contributed by atoms with E-state index in [4.69, 9.17) is 0 Å². The van der Waals surface area contributed by atoms with Crippen LogP contribution in [0.15, 0.2) is 0 Å². The summed E-state index contributed by atoms with van der Waals surface area (Å²) in [5.41, 5.74) is -0.00219. The van der Waals surface area contributed by atoms with Crippen LogP contribution in [0.25, 0.3) is 0 Å². The van der Waals surface area contributed by atoms with Gasteiger partial charge in [0.15, 0.2) is 0 Å². The Kier molecular flexibility index (Phi) is 4.99. The topological polar surface area (TPSA) is 57.6 Å². The molecule has 1 rings (SSSR count). The Bertz CT molecular complexity index is 346. The fraction of sp³-hybridized carbons (Fsp3) is 0.867. The highest BCUT2D eigenvalue weighted by Gasteiger charge is 2.39. The van der Waals surface area contributed by atoms with Gasteiger partial charge < -0.3 is 10.0 Å². The molecular weight excluding hydrogens is 242 g/mol. The predicted octanol–water partition coefficient (Wildman–Crippen LogP) is 2.77. The van der Waals surface area contributed by atoms with E-state index in [0.29, 0.717) is 12.8 Å². The molecule has 0 aromatic heterocycles. The van der Waals surface area contributed by atoms with Crippen molar-refractivity contribution in [3.8, 4) is 0 Å². The van der Waals surface area contributed by atoms with Gasteiger partial charge in [0.2, 0.25) is 5.91 Å². The lowest BCUT2D eigenvalue weighted by Gasteiger charge is -2.39. The fourth-order valence-electron chi connectivity index (χ4n) is 2.76. The summed E-state index contributed by atoms with van der Waals surface area (Å²) in [6, 6.07) is 0.0939. The highest BCUT2D eigenvalue weighted by atomic mass is 16.4. The molecule has 1 fully saturated rings. The Hall–Kier alpha value is -1.06. The van der Waals surface area contributed by atoms with Crippen LogP contribution in [-0.4, -0.2) is 35.0 Å². The maximum atomic E-state index is 12.6. The largest absolute Gasteiger partial charge is 0.481 e. The van der Waals surface area contributed by atoms with Gasteiger partial charge in [0.1, 0.15) is 0 Å². The van der Waals surface area contributed by atoms with Gasteiger partial charge in [-0.2, -0.15) is 0 Å². The van der Waals surface area contributed by atoms with Gasteiger partial charge in [0, 0.05) is 13.1 Å². The van der Waals surface area contributed by atoms with E-state index in [1.165, 1.54) is 0 Å². The van der Waals surface area contributed by atoms with Gasteiger partial charge >= 0.3 is 5.97 Å². The Balaban J connectivity index is 2.82. The van der Waals surface area contributed by atoms with Gasteiger partial charge in [-0.3, -0.25) is 9.59 Å². The lowest BCUT2D eigenvalue weighted by molar-refractivity contribution is -0.153. The number of hydrogen-bond acceptors (Lipinski definition) is 2. The second-order valence-electron chi connectivity index (χ2n) is 6.83. The van der Waals surface area contributed by atoms with Crippen LogP contribution in [0, 0.1) is 17.3 Å². The fourth-order valence-corrected chi connectivity index (χ4v) is 2.76.